The van der Waals surface area contributed by atoms with Crippen LogP contribution in [0.4, 0.5) is 8.78 Å². The van der Waals surface area contributed by atoms with Gasteiger partial charge in [-0.1, -0.05) is 0 Å². The van der Waals surface area contributed by atoms with Gasteiger partial charge in [-0.15, -0.1) is 11.6 Å². The van der Waals surface area contributed by atoms with E-state index >= 15 is 0 Å². The fourth-order valence-corrected chi connectivity index (χ4v) is 1.01. The third-order valence-electron chi connectivity index (χ3n) is 1.43. The number of carbonyl (C=O) groups excluding carboxylic acids is 1. The van der Waals surface area contributed by atoms with E-state index in [2.05, 4.69) is 0 Å². The summed E-state index contributed by atoms with van der Waals surface area (Å²) >= 11 is 5.48. The summed E-state index contributed by atoms with van der Waals surface area (Å²) in [5.74, 6) is -2.42. The molecule has 1 unspecified atom stereocenters. The molecule has 1 aromatic rings. The first-order valence-corrected chi connectivity index (χ1v) is 3.83. The SMILES string of the molecule is NC(=O)C(Cl)c1cc(F)cc(F)c1. The molecule has 5 heteroatoms. The maximum Gasteiger partial charge on any atom is 0.240 e. The Morgan fingerprint density at radius 1 is 1.31 bits per heavy atom. The van der Waals surface area contributed by atoms with Crippen LogP contribution < -0.4 is 5.73 Å². The van der Waals surface area contributed by atoms with Crippen LogP contribution in [0, 0.1) is 11.6 Å². The van der Waals surface area contributed by atoms with E-state index in [4.69, 9.17) is 17.3 Å². The molecular formula is C8H6ClF2NO. The minimum Gasteiger partial charge on any atom is -0.368 e. The molecule has 0 aliphatic carbocycles. The van der Waals surface area contributed by atoms with Crippen molar-refractivity contribution < 1.29 is 13.6 Å². The van der Waals surface area contributed by atoms with E-state index in [1.165, 1.54) is 0 Å². The first-order valence-electron chi connectivity index (χ1n) is 3.40. The van der Waals surface area contributed by atoms with Crippen molar-refractivity contribution in [3.8, 4) is 0 Å². The zero-order valence-corrected chi connectivity index (χ0v) is 7.18. The fourth-order valence-electron chi connectivity index (χ4n) is 0.886. The van der Waals surface area contributed by atoms with Crippen molar-refractivity contribution in [1.82, 2.24) is 0 Å². The monoisotopic (exact) mass is 205 g/mol. The summed E-state index contributed by atoms with van der Waals surface area (Å²) in [6.45, 7) is 0. The Hall–Kier alpha value is -1.16. The number of nitrogens with two attached hydrogens (primary N) is 1. The molecule has 0 heterocycles. The molecule has 0 saturated heterocycles. The average Bonchev–Trinajstić information content (AvgIpc) is 2.01. The molecule has 0 aliphatic heterocycles. The van der Waals surface area contributed by atoms with E-state index in [0.717, 1.165) is 12.1 Å². The zero-order valence-electron chi connectivity index (χ0n) is 6.43. The summed E-state index contributed by atoms with van der Waals surface area (Å²) in [6, 6.07) is 2.62. The number of carbonyl (C=O) groups is 1. The van der Waals surface area contributed by atoms with E-state index < -0.39 is 22.9 Å². The van der Waals surface area contributed by atoms with Crippen LogP contribution in [0.15, 0.2) is 18.2 Å². The highest BCUT2D eigenvalue weighted by Crippen LogP contribution is 2.21. The Morgan fingerprint density at radius 2 is 1.77 bits per heavy atom. The second-order valence-electron chi connectivity index (χ2n) is 2.47. The quantitative estimate of drug-likeness (QED) is 0.735. The first kappa shape index (κ1) is 9.92. The van der Waals surface area contributed by atoms with Crippen molar-refractivity contribution >= 4 is 17.5 Å². The Bertz CT molecular complexity index is 323. The molecule has 0 bridgehead atoms. The number of primary amides is 1. The lowest BCUT2D eigenvalue weighted by molar-refractivity contribution is -0.117. The van der Waals surface area contributed by atoms with Gasteiger partial charge in [0.05, 0.1) is 0 Å². The maximum atomic E-state index is 12.6. The number of rotatable bonds is 2. The van der Waals surface area contributed by atoms with Crippen molar-refractivity contribution in [2.24, 2.45) is 5.73 Å². The zero-order chi connectivity index (χ0) is 10.0. The molecule has 0 aliphatic rings. The van der Waals surface area contributed by atoms with E-state index in [1.807, 2.05) is 0 Å². The lowest BCUT2D eigenvalue weighted by atomic mass is 10.1. The predicted molar refractivity (Wildman–Crippen MR) is 44.1 cm³/mol. The predicted octanol–water partition coefficient (Wildman–Crippen LogP) is 1.73. The molecule has 0 spiro atoms. The van der Waals surface area contributed by atoms with Gasteiger partial charge in [0, 0.05) is 6.07 Å². The van der Waals surface area contributed by atoms with E-state index in [1.54, 1.807) is 0 Å². The molecule has 2 nitrogen and oxygen atoms in total. The number of halogens is 3. The molecule has 0 radical (unpaired) electrons. The van der Waals surface area contributed by atoms with Crippen LogP contribution in [-0.4, -0.2) is 5.91 Å². The lowest BCUT2D eigenvalue weighted by Gasteiger charge is -2.05. The first-order chi connectivity index (χ1) is 6.00. The van der Waals surface area contributed by atoms with Crippen molar-refractivity contribution in [2.75, 3.05) is 0 Å². The highest BCUT2D eigenvalue weighted by molar-refractivity contribution is 6.30. The number of hydrogen-bond acceptors (Lipinski definition) is 1. The van der Waals surface area contributed by atoms with Gasteiger partial charge in [-0.25, -0.2) is 8.78 Å². The second-order valence-corrected chi connectivity index (χ2v) is 2.90. The van der Waals surface area contributed by atoms with Gasteiger partial charge < -0.3 is 5.73 Å². The molecule has 1 amide bonds. The summed E-state index contributed by atoms with van der Waals surface area (Å²) in [4.78, 5) is 10.6. The molecule has 0 fully saturated rings. The molecule has 1 rings (SSSR count). The van der Waals surface area contributed by atoms with Gasteiger partial charge >= 0.3 is 0 Å². The summed E-state index contributed by atoms with van der Waals surface area (Å²) in [5, 5.41) is -1.20. The van der Waals surface area contributed by atoms with Gasteiger partial charge in [-0.3, -0.25) is 4.79 Å². The van der Waals surface area contributed by atoms with Gasteiger partial charge in [0.2, 0.25) is 5.91 Å². The van der Waals surface area contributed by atoms with Crippen LogP contribution in [0.2, 0.25) is 0 Å². The van der Waals surface area contributed by atoms with Crippen LogP contribution in [0.3, 0.4) is 0 Å². The summed E-state index contributed by atoms with van der Waals surface area (Å²) in [5.41, 5.74) is 4.87. The molecule has 0 aromatic heterocycles. The van der Waals surface area contributed by atoms with E-state index in [-0.39, 0.29) is 5.56 Å². The number of amides is 1. The third-order valence-corrected chi connectivity index (χ3v) is 1.89. The van der Waals surface area contributed by atoms with Crippen molar-refractivity contribution in [3.05, 3.63) is 35.4 Å². The number of hydrogen-bond donors (Lipinski definition) is 1. The molecule has 13 heavy (non-hydrogen) atoms. The van der Waals surface area contributed by atoms with Gasteiger partial charge in [0.1, 0.15) is 17.0 Å². The van der Waals surface area contributed by atoms with Gasteiger partial charge in [0.25, 0.3) is 0 Å². The molecule has 1 atom stereocenters. The van der Waals surface area contributed by atoms with Crippen molar-refractivity contribution in [3.63, 3.8) is 0 Å². The maximum absolute atomic E-state index is 12.6. The Balaban J connectivity index is 3.07. The standard InChI is InChI=1S/C8H6ClF2NO/c9-7(8(12)13)4-1-5(10)3-6(11)2-4/h1-3,7H,(H2,12,13). The third kappa shape index (κ3) is 2.39. The Labute approximate surface area is 78.3 Å². The van der Waals surface area contributed by atoms with Crippen LogP contribution >= 0.6 is 11.6 Å². The molecule has 2 N–H and O–H groups in total. The summed E-state index contributed by atoms with van der Waals surface area (Å²) in [6.07, 6.45) is 0. The minimum absolute atomic E-state index is 0.0201. The molecule has 70 valence electrons. The van der Waals surface area contributed by atoms with Crippen molar-refractivity contribution in [1.29, 1.82) is 0 Å². The van der Waals surface area contributed by atoms with E-state index in [9.17, 15) is 13.6 Å². The second kappa shape index (κ2) is 3.70. The average molecular weight is 206 g/mol. The van der Waals surface area contributed by atoms with Gasteiger partial charge in [-0.2, -0.15) is 0 Å². The fraction of sp³-hybridized carbons (Fsp3) is 0.125. The smallest absolute Gasteiger partial charge is 0.240 e. The van der Waals surface area contributed by atoms with Crippen LogP contribution in [-0.2, 0) is 4.79 Å². The summed E-state index contributed by atoms with van der Waals surface area (Å²) in [7, 11) is 0. The van der Waals surface area contributed by atoms with Crippen LogP contribution in [0.1, 0.15) is 10.9 Å². The normalized spacial score (nSPS) is 12.5. The van der Waals surface area contributed by atoms with Crippen LogP contribution in [0.25, 0.3) is 0 Å². The molecular weight excluding hydrogens is 200 g/mol. The van der Waals surface area contributed by atoms with Crippen molar-refractivity contribution in [2.45, 2.75) is 5.38 Å². The van der Waals surface area contributed by atoms with E-state index in [0.29, 0.717) is 6.07 Å². The molecule has 0 saturated carbocycles. The highest BCUT2D eigenvalue weighted by Gasteiger charge is 2.15. The number of alkyl halides is 1. The highest BCUT2D eigenvalue weighted by atomic mass is 35.5. The number of benzene rings is 1. The largest absolute Gasteiger partial charge is 0.368 e. The Morgan fingerprint density at radius 3 is 2.15 bits per heavy atom. The molecule has 1 aromatic carbocycles. The van der Waals surface area contributed by atoms with Crippen LogP contribution in [0.5, 0.6) is 0 Å². The minimum atomic E-state index is -1.20. The lowest BCUT2D eigenvalue weighted by Crippen LogP contribution is -2.17. The Kier molecular flexibility index (Phi) is 2.83. The van der Waals surface area contributed by atoms with Gasteiger partial charge in [-0.05, 0) is 17.7 Å². The summed E-state index contributed by atoms with van der Waals surface area (Å²) < 4.78 is 25.2. The topological polar surface area (TPSA) is 43.1 Å². The van der Waals surface area contributed by atoms with Gasteiger partial charge in [0.15, 0.2) is 0 Å².